The van der Waals surface area contributed by atoms with Crippen molar-refractivity contribution in [3.63, 3.8) is 0 Å². The van der Waals surface area contributed by atoms with Gasteiger partial charge < -0.3 is 14.7 Å². The molecule has 1 N–H and O–H groups in total. The third-order valence-corrected chi connectivity index (χ3v) is 1.69. The Labute approximate surface area is 65.8 Å². The molecule has 1 amide bonds. The van der Waals surface area contributed by atoms with E-state index in [9.17, 15) is 4.79 Å². The van der Waals surface area contributed by atoms with Gasteiger partial charge in [0.15, 0.2) is 0 Å². The van der Waals surface area contributed by atoms with E-state index in [1.54, 1.807) is 14.1 Å². The van der Waals surface area contributed by atoms with Crippen molar-refractivity contribution < 1.29 is 14.6 Å². The van der Waals surface area contributed by atoms with E-state index in [4.69, 9.17) is 9.84 Å². The number of aliphatic hydroxyl groups is 1. The Kier molecular flexibility index (Phi) is 2.46. The molecule has 0 saturated carbocycles. The van der Waals surface area contributed by atoms with Crippen LogP contribution in [0.25, 0.3) is 0 Å². The minimum absolute atomic E-state index is 0.0680. The van der Waals surface area contributed by atoms with Gasteiger partial charge in [0, 0.05) is 20.5 Å². The molecule has 4 heteroatoms. The summed E-state index contributed by atoms with van der Waals surface area (Å²) in [7, 11) is 3.35. The third-order valence-electron chi connectivity index (χ3n) is 1.69. The Morgan fingerprint density at radius 1 is 1.64 bits per heavy atom. The Bertz CT molecular complexity index is 158. The van der Waals surface area contributed by atoms with Crippen molar-refractivity contribution >= 4 is 5.91 Å². The molecule has 1 aliphatic rings. The van der Waals surface area contributed by atoms with Crippen molar-refractivity contribution in [1.29, 1.82) is 0 Å². The Morgan fingerprint density at radius 3 is 2.64 bits per heavy atom. The van der Waals surface area contributed by atoms with Crippen LogP contribution in [0.3, 0.4) is 0 Å². The average molecular weight is 159 g/mol. The van der Waals surface area contributed by atoms with Gasteiger partial charge in [-0.25, -0.2) is 0 Å². The van der Waals surface area contributed by atoms with Gasteiger partial charge in [0.1, 0.15) is 6.10 Å². The van der Waals surface area contributed by atoms with Gasteiger partial charge in [0.2, 0.25) is 0 Å². The lowest BCUT2D eigenvalue weighted by molar-refractivity contribution is -0.138. The molecular formula is C7H13NO3. The van der Waals surface area contributed by atoms with Crippen LogP contribution in [-0.4, -0.2) is 48.8 Å². The Balaban J connectivity index is 2.43. The molecule has 1 heterocycles. The fourth-order valence-corrected chi connectivity index (χ4v) is 1.07. The second kappa shape index (κ2) is 3.19. The number of carbonyl (C=O) groups excluding carboxylic acids is 1. The van der Waals surface area contributed by atoms with E-state index >= 15 is 0 Å². The highest BCUT2D eigenvalue weighted by atomic mass is 16.5. The zero-order valence-corrected chi connectivity index (χ0v) is 6.78. The van der Waals surface area contributed by atoms with Crippen molar-refractivity contribution in [2.45, 2.75) is 18.6 Å². The molecule has 0 aromatic rings. The Morgan fingerprint density at radius 2 is 2.27 bits per heavy atom. The van der Waals surface area contributed by atoms with Gasteiger partial charge in [-0.05, 0) is 0 Å². The summed E-state index contributed by atoms with van der Waals surface area (Å²) in [5, 5.41) is 9.03. The first-order valence-electron chi connectivity index (χ1n) is 3.62. The summed E-state index contributed by atoms with van der Waals surface area (Å²) >= 11 is 0. The minimum Gasteiger partial charge on any atom is -0.391 e. The van der Waals surface area contributed by atoms with E-state index < -0.39 is 12.2 Å². The molecule has 1 fully saturated rings. The van der Waals surface area contributed by atoms with Crippen molar-refractivity contribution in [1.82, 2.24) is 4.90 Å². The molecule has 0 spiro atoms. The standard InChI is InChI=1S/C7H13NO3/c1-8(2)7(10)6-3-5(9)4-11-6/h5-6,9H,3-4H2,1-2H3/t5-,6-/m0/s1. The molecule has 1 saturated heterocycles. The maximum Gasteiger partial charge on any atom is 0.251 e. The second-order valence-electron chi connectivity index (χ2n) is 2.94. The summed E-state index contributed by atoms with van der Waals surface area (Å²) in [5.74, 6) is -0.0680. The van der Waals surface area contributed by atoms with Crippen LogP contribution in [0.2, 0.25) is 0 Å². The average Bonchev–Trinajstić information content (AvgIpc) is 2.34. The first kappa shape index (κ1) is 8.49. The van der Waals surface area contributed by atoms with Crippen molar-refractivity contribution in [3.8, 4) is 0 Å². The van der Waals surface area contributed by atoms with Crippen LogP contribution in [0.4, 0.5) is 0 Å². The van der Waals surface area contributed by atoms with Crippen LogP contribution in [0.1, 0.15) is 6.42 Å². The van der Waals surface area contributed by atoms with Gasteiger partial charge in [-0.1, -0.05) is 0 Å². The highest BCUT2D eigenvalue weighted by Crippen LogP contribution is 2.14. The summed E-state index contributed by atoms with van der Waals surface area (Å²) in [5.41, 5.74) is 0. The van der Waals surface area contributed by atoms with E-state index in [1.807, 2.05) is 0 Å². The first-order chi connectivity index (χ1) is 5.11. The molecule has 2 atom stereocenters. The van der Waals surface area contributed by atoms with Gasteiger partial charge >= 0.3 is 0 Å². The molecule has 0 unspecified atom stereocenters. The van der Waals surface area contributed by atoms with Crippen molar-refractivity contribution in [2.24, 2.45) is 0 Å². The number of aliphatic hydroxyl groups excluding tert-OH is 1. The molecule has 0 aromatic heterocycles. The van der Waals surface area contributed by atoms with Crippen molar-refractivity contribution in [3.05, 3.63) is 0 Å². The van der Waals surface area contributed by atoms with Crippen LogP contribution in [0.5, 0.6) is 0 Å². The second-order valence-corrected chi connectivity index (χ2v) is 2.94. The monoisotopic (exact) mass is 159 g/mol. The fourth-order valence-electron chi connectivity index (χ4n) is 1.07. The number of carbonyl (C=O) groups is 1. The molecular weight excluding hydrogens is 146 g/mol. The predicted molar refractivity (Wildman–Crippen MR) is 39.1 cm³/mol. The smallest absolute Gasteiger partial charge is 0.251 e. The van der Waals surface area contributed by atoms with E-state index in [-0.39, 0.29) is 12.5 Å². The number of hydrogen-bond acceptors (Lipinski definition) is 3. The molecule has 0 radical (unpaired) electrons. The number of hydrogen-bond donors (Lipinski definition) is 1. The topological polar surface area (TPSA) is 49.8 Å². The largest absolute Gasteiger partial charge is 0.391 e. The number of rotatable bonds is 1. The van der Waals surface area contributed by atoms with Crippen molar-refractivity contribution in [2.75, 3.05) is 20.7 Å². The van der Waals surface area contributed by atoms with Crippen LogP contribution in [0, 0.1) is 0 Å². The summed E-state index contributed by atoms with van der Waals surface area (Å²) in [6.07, 6.45) is -0.472. The van der Waals surface area contributed by atoms with Gasteiger partial charge in [-0.15, -0.1) is 0 Å². The lowest BCUT2D eigenvalue weighted by Crippen LogP contribution is -2.33. The van der Waals surface area contributed by atoms with Crippen LogP contribution in [-0.2, 0) is 9.53 Å². The van der Waals surface area contributed by atoms with Crippen LogP contribution in [0.15, 0.2) is 0 Å². The lowest BCUT2D eigenvalue weighted by Gasteiger charge is -2.14. The molecule has 1 rings (SSSR count). The predicted octanol–water partition coefficient (Wildman–Crippen LogP) is -0.776. The summed E-state index contributed by atoms with van der Waals surface area (Å²) in [6.45, 7) is 0.282. The molecule has 0 aliphatic carbocycles. The maximum absolute atomic E-state index is 11.2. The van der Waals surface area contributed by atoms with Gasteiger partial charge in [-0.3, -0.25) is 4.79 Å². The third kappa shape index (κ3) is 1.91. The van der Waals surface area contributed by atoms with Crippen LogP contribution >= 0.6 is 0 Å². The number of nitrogens with zero attached hydrogens (tertiary/aromatic N) is 1. The number of ether oxygens (including phenoxy) is 1. The quantitative estimate of drug-likeness (QED) is 0.546. The fraction of sp³-hybridized carbons (Fsp3) is 0.857. The van der Waals surface area contributed by atoms with Crippen LogP contribution < -0.4 is 0 Å². The van der Waals surface area contributed by atoms with E-state index in [0.29, 0.717) is 6.42 Å². The molecule has 64 valence electrons. The molecule has 0 bridgehead atoms. The van der Waals surface area contributed by atoms with Gasteiger partial charge in [0.05, 0.1) is 12.7 Å². The highest BCUT2D eigenvalue weighted by Gasteiger charge is 2.30. The SMILES string of the molecule is CN(C)C(=O)[C@@H]1C[C@H](O)CO1. The van der Waals surface area contributed by atoms with E-state index in [0.717, 1.165) is 0 Å². The zero-order chi connectivity index (χ0) is 8.43. The minimum atomic E-state index is -0.469. The number of amides is 1. The Hall–Kier alpha value is -0.610. The summed E-state index contributed by atoms with van der Waals surface area (Å²) in [4.78, 5) is 12.7. The van der Waals surface area contributed by atoms with E-state index in [2.05, 4.69) is 0 Å². The summed E-state index contributed by atoms with van der Waals surface area (Å²) < 4.78 is 5.05. The first-order valence-corrected chi connectivity index (χ1v) is 3.62. The lowest BCUT2D eigenvalue weighted by atomic mass is 10.2. The van der Waals surface area contributed by atoms with Gasteiger partial charge in [-0.2, -0.15) is 0 Å². The number of likely N-dealkylation sites (N-methyl/N-ethyl adjacent to an activating group) is 1. The van der Waals surface area contributed by atoms with E-state index in [1.165, 1.54) is 4.90 Å². The molecule has 4 nitrogen and oxygen atoms in total. The molecule has 0 aromatic carbocycles. The molecule has 1 aliphatic heterocycles. The zero-order valence-electron chi connectivity index (χ0n) is 6.78. The summed E-state index contributed by atoms with van der Waals surface area (Å²) in [6, 6.07) is 0. The highest BCUT2D eigenvalue weighted by molar-refractivity contribution is 5.80. The maximum atomic E-state index is 11.2. The normalized spacial score (nSPS) is 30.5. The van der Waals surface area contributed by atoms with Gasteiger partial charge in [0.25, 0.3) is 5.91 Å². The molecule has 11 heavy (non-hydrogen) atoms.